The Balaban J connectivity index is 1.37. The van der Waals surface area contributed by atoms with Crippen LogP contribution in [0.15, 0.2) is 151 Å². The topological polar surface area (TPSA) is 21.7 Å². The standard InChI is InChI=1S/C47H31N3/c1-3-29-12-7-11-19-39(29)48-46-28(2)49-40-23-20-30-13-4-8-16-34(30)43(40)37-26-33(27-38(46)47(37)49)50-41-24-21-31-14-5-9-17-35(31)44(41)45-36-18-10-6-15-32(36)22-25-42(45)50/h4-27H,2-3H2,1H3. The van der Waals surface area contributed by atoms with Gasteiger partial charge >= 0.3 is 0 Å². The van der Waals surface area contributed by atoms with Crippen molar-refractivity contribution in [1.82, 2.24) is 8.97 Å². The number of nitrogens with zero attached hydrogens (tertiary/aromatic N) is 3. The fourth-order valence-corrected chi connectivity index (χ4v) is 8.74. The molecular weight excluding hydrogens is 607 g/mol. The summed E-state index contributed by atoms with van der Waals surface area (Å²) >= 11 is 0. The Kier molecular flexibility index (Phi) is 5.52. The van der Waals surface area contributed by atoms with Gasteiger partial charge < -0.3 is 8.97 Å². The monoisotopic (exact) mass is 637 g/mol. The van der Waals surface area contributed by atoms with E-state index in [2.05, 4.69) is 161 Å². The highest BCUT2D eigenvalue weighted by Gasteiger charge is 2.22. The third-order valence-corrected chi connectivity index (χ3v) is 10.9. The number of para-hydroxylation sites is 1. The first-order valence-electron chi connectivity index (χ1n) is 17.4. The van der Waals surface area contributed by atoms with Crippen molar-refractivity contribution in [1.29, 1.82) is 0 Å². The van der Waals surface area contributed by atoms with Crippen LogP contribution in [0.25, 0.3) is 93.6 Å². The van der Waals surface area contributed by atoms with Gasteiger partial charge in [-0.2, -0.15) is 0 Å². The molecule has 0 unspecified atom stereocenters. The lowest BCUT2D eigenvalue weighted by Crippen LogP contribution is -2.24. The smallest absolute Gasteiger partial charge is 0.0965 e. The largest absolute Gasteiger partial charge is 0.309 e. The van der Waals surface area contributed by atoms with Gasteiger partial charge in [-0.05, 0) is 80.7 Å². The molecule has 11 rings (SSSR count). The van der Waals surface area contributed by atoms with Gasteiger partial charge in [0.2, 0.25) is 0 Å². The van der Waals surface area contributed by atoms with Gasteiger partial charge in [-0.1, -0.05) is 123 Å². The molecule has 0 bridgehead atoms. The molecule has 0 spiro atoms. The number of fused-ring (bicyclic) bond motifs is 12. The SMILES string of the molecule is C=c1c(=Nc2ccccc2CC)c2cc(-n3c4ccc5ccccc5c4c4c5ccccc5ccc43)cc3c4c5ccccc5ccc4n1c23. The normalized spacial score (nSPS) is 12.8. The summed E-state index contributed by atoms with van der Waals surface area (Å²) in [4.78, 5) is 5.41. The van der Waals surface area contributed by atoms with Crippen molar-refractivity contribution in [2.75, 3.05) is 0 Å². The average Bonchev–Trinajstić information content (AvgIpc) is 3.79. The third-order valence-electron chi connectivity index (χ3n) is 10.9. The lowest BCUT2D eigenvalue weighted by atomic mass is 10.00. The van der Waals surface area contributed by atoms with Crippen molar-refractivity contribution in [2.24, 2.45) is 4.99 Å². The zero-order valence-electron chi connectivity index (χ0n) is 27.6. The van der Waals surface area contributed by atoms with Gasteiger partial charge in [-0.3, -0.25) is 0 Å². The van der Waals surface area contributed by atoms with E-state index in [1.165, 1.54) is 76.0 Å². The second-order valence-electron chi connectivity index (χ2n) is 13.5. The van der Waals surface area contributed by atoms with Crippen molar-refractivity contribution in [3.05, 3.63) is 162 Å². The van der Waals surface area contributed by atoms with Crippen LogP contribution in [0.1, 0.15) is 12.5 Å². The van der Waals surface area contributed by atoms with E-state index in [1.54, 1.807) is 0 Å². The molecule has 8 aromatic carbocycles. The molecule has 50 heavy (non-hydrogen) atoms. The fourth-order valence-electron chi connectivity index (χ4n) is 8.74. The quantitative estimate of drug-likeness (QED) is 0.184. The lowest BCUT2D eigenvalue weighted by molar-refractivity contribution is 1.12. The van der Waals surface area contributed by atoms with Gasteiger partial charge in [0.05, 0.1) is 38.5 Å². The summed E-state index contributed by atoms with van der Waals surface area (Å²) in [6.45, 7) is 6.91. The summed E-state index contributed by atoms with van der Waals surface area (Å²) in [6, 6.07) is 53.2. The number of hydrogen-bond acceptors (Lipinski definition) is 1. The van der Waals surface area contributed by atoms with E-state index in [-0.39, 0.29) is 0 Å². The van der Waals surface area contributed by atoms with Gasteiger partial charge in [0.15, 0.2) is 0 Å². The minimum atomic E-state index is 0.914. The van der Waals surface area contributed by atoms with E-state index < -0.39 is 0 Å². The summed E-state index contributed by atoms with van der Waals surface area (Å²) in [5.41, 5.74) is 8.08. The van der Waals surface area contributed by atoms with Crippen molar-refractivity contribution >= 4 is 93.6 Å². The third kappa shape index (κ3) is 3.56. The maximum absolute atomic E-state index is 5.41. The van der Waals surface area contributed by atoms with E-state index in [0.29, 0.717) is 0 Å². The number of aromatic nitrogens is 2. The Labute approximate surface area is 287 Å². The van der Waals surface area contributed by atoms with Crippen LogP contribution in [0.5, 0.6) is 0 Å². The first-order chi connectivity index (χ1) is 24.7. The van der Waals surface area contributed by atoms with Crippen molar-refractivity contribution in [3.63, 3.8) is 0 Å². The summed E-state index contributed by atoms with van der Waals surface area (Å²) in [5.74, 6) is 0. The second kappa shape index (κ2) is 10.0. The van der Waals surface area contributed by atoms with Gasteiger partial charge in [0.1, 0.15) is 0 Å². The van der Waals surface area contributed by atoms with Crippen LogP contribution in [-0.4, -0.2) is 8.97 Å². The summed E-state index contributed by atoms with van der Waals surface area (Å²) in [7, 11) is 0. The number of hydrogen-bond donors (Lipinski definition) is 0. The minimum absolute atomic E-state index is 0.914. The highest BCUT2D eigenvalue weighted by Crippen LogP contribution is 2.43. The Bertz CT molecular complexity index is 3230. The molecule has 11 aromatic rings. The van der Waals surface area contributed by atoms with Gasteiger partial charge in [0.25, 0.3) is 0 Å². The first kappa shape index (κ1) is 27.5. The van der Waals surface area contributed by atoms with Crippen LogP contribution in [0, 0.1) is 0 Å². The fraction of sp³-hybridized carbons (Fsp3) is 0.0426. The predicted octanol–water partition coefficient (Wildman–Crippen LogP) is 11.2. The molecular formula is C47H31N3. The van der Waals surface area contributed by atoms with E-state index in [9.17, 15) is 0 Å². The van der Waals surface area contributed by atoms with E-state index in [1.807, 2.05) is 0 Å². The molecule has 3 heterocycles. The van der Waals surface area contributed by atoms with Crippen LogP contribution in [-0.2, 0) is 6.42 Å². The highest BCUT2D eigenvalue weighted by atomic mass is 15.0. The minimum Gasteiger partial charge on any atom is -0.309 e. The van der Waals surface area contributed by atoms with Crippen molar-refractivity contribution in [3.8, 4) is 5.69 Å². The highest BCUT2D eigenvalue weighted by molar-refractivity contribution is 6.29. The maximum atomic E-state index is 5.41. The molecule has 0 aliphatic rings. The molecule has 3 nitrogen and oxygen atoms in total. The number of rotatable bonds is 3. The van der Waals surface area contributed by atoms with Gasteiger partial charge in [0, 0.05) is 32.6 Å². The molecule has 3 heteroatoms. The average molecular weight is 638 g/mol. The molecule has 0 aliphatic heterocycles. The molecule has 0 fully saturated rings. The molecule has 0 saturated carbocycles. The van der Waals surface area contributed by atoms with Crippen LogP contribution in [0.4, 0.5) is 5.69 Å². The molecule has 0 aliphatic carbocycles. The molecule has 0 saturated heterocycles. The van der Waals surface area contributed by atoms with Gasteiger partial charge in [-0.25, -0.2) is 4.99 Å². The van der Waals surface area contributed by atoms with Crippen molar-refractivity contribution < 1.29 is 0 Å². The second-order valence-corrected chi connectivity index (χ2v) is 13.5. The van der Waals surface area contributed by atoms with Crippen LogP contribution < -0.4 is 10.7 Å². The van der Waals surface area contributed by atoms with Gasteiger partial charge in [-0.15, -0.1) is 0 Å². The van der Waals surface area contributed by atoms with E-state index in [0.717, 1.165) is 39.4 Å². The van der Waals surface area contributed by atoms with Crippen LogP contribution in [0.3, 0.4) is 0 Å². The Morgan fingerprint density at radius 2 is 1.04 bits per heavy atom. The zero-order valence-corrected chi connectivity index (χ0v) is 27.6. The Morgan fingerprint density at radius 3 is 1.66 bits per heavy atom. The number of aryl methyl sites for hydroxylation is 1. The molecule has 0 N–H and O–H groups in total. The zero-order chi connectivity index (χ0) is 33.1. The van der Waals surface area contributed by atoms with E-state index in [4.69, 9.17) is 11.6 Å². The van der Waals surface area contributed by atoms with Crippen LogP contribution in [0.2, 0.25) is 0 Å². The summed E-state index contributed by atoms with van der Waals surface area (Å²) < 4.78 is 4.82. The molecule has 234 valence electrons. The molecule has 0 atom stereocenters. The van der Waals surface area contributed by atoms with Crippen LogP contribution >= 0.6 is 0 Å². The van der Waals surface area contributed by atoms with Crippen molar-refractivity contribution in [2.45, 2.75) is 13.3 Å². The predicted molar refractivity (Wildman–Crippen MR) is 212 cm³/mol. The van der Waals surface area contributed by atoms with E-state index >= 15 is 0 Å². The maximum Gasteiger partial charge on any atom is 0.0965 e. The molecule has 3 aromatic heterocycles. The molecule has 0 amide bonds. The number of benzene rings is 8. The molecule has 0 radical (unpaired) electrons. The Morgan fingerprint density at radius 1 is 0.520 bits per heavy atom. The lowest BCUT2D eigenvalue weighted by Gasteiger charge is -2.10. The summed E-state index contributed by atoms with van der Waals surface area (Å²) in [5, 5.41) is 15.5. The first-order valence-corrected chi connectivity index (χ1v) is 17.4. The Hall–Kier alpha value is -6.45. The summed E-state index contributed by atoms with van der Waals surface area (Å²) in [6.07, 6.45) is 0.916.